The molecule has 0 radical (unpaired) electrons. The van der Waals surface area contributed by atoms with Crippen molar-refractivity contribution in [2.24, 2.45) is 5.92 Å². The number of β-amino-alcohol motifs (C(OH)–C–C–N with tert-alkyl or cyclic N) is 1. The summed E-state index contributed by atoms with van der Waals surface area (Å²) in [7, 11) is 0. The Kier molecular flexibility index (Phi) is 4.30. The molecule has 1 fully saturated rings. The van der Waals surface area contributed by atoms with E-state index in [-0.39, 0.29) is 0 Å². The lowest BCUT2D eigenvalue weighted by Gasteiger charge is -2.32. The topological polar surface area (TPSA) is 23.5 Å². The van der Waals surface area contributed by atoms with Gasteiger partial charge in [0, 0.05) is 13.1 Å². The van der Waals surface area contributed by atoms with E-state index in [0.717, 1.165) is 31.6 Å². The highest BCUT2D eigenvalue weighted by molar-refractivity contribution is 5.20. The van der Waals surface area contributed by atoms with Crippen molar-refractivity contribution < 1.29 is 13.9 Å². The number of hydrogen-bond donors (Lipinski definition) is 1. The fourth-order valence-corrected chi connectivity index (χ4v) is 2.52. The number of piperidine rings is 1. The number of aliphatic hydroxyl groups is 1. The van der Waals surface area contributed by atoms with E-state index in [1.54, 1.807) is 0 Å². The molecular formula is C14H19F2NO. The summed E-state index contributed by atoms with van der Waals surface area (Å²) in [5.74, 6) is -1.15. The highest BCUT2D eigenvalue weighted by atomic mass is 19.2. The predicted octanol–water partition coefficient (Wildman–Crippen LogP) is 2.73. The monoisotopic (exact) mass is 255 g/mol. The molecule has 1 aliphatic rings. The van der Waals surface area contributed by atoms with Gasteiger partial charge in [-0.25, -0.2) is 8.78 Å². The van der Waals surface area contributed by atoms with Crippen LogP contribution in [0, 0.1) is 17.6 Å². The van der Waals surface area contributed by atoms with Crippen LogP contribution in [-0.2, 0) is 0 Å². The maximum Gasteiger partial charge on any atom is 0.159 e. The van der Waals surface area contributed by atoms with Crippen molar-refractivity contribution in [3.63, 3.8) is 0 Å². The van der Waals surface area contributed by atoms with Crippen LogP contribution in [-0.4, -0.2) is 29.6 Å². The molecule has 2 atom stereocenters. The van der Waals surface area contributed by atoms with Gasteiger partial charge in [-0.3, -0.25) is 0 Å². The summed E-state index contributed by atoms with van der Waals surface area (Å²) in [5.41, 5.74) is 0.437. The highest BCUT2D eigenvalue weighted by Gasteiger charge is 2.20. The van der Waals surface area contributed by atoms with Gasteiger partial charge in [0.2, 0.25) is 0 Å². The molecule has 1 aromatic carbocycles. The van der Waals surface area contributed by atoms with Gasteiger partial charge in [-0.1, -0.05) is 13.0 Å². The molecule has 1 N–H and O–H groups in total. The second-order valence-corrected chi connectivity index (χ2v) is 5.20. The molecule has 1 saturated heterocycles. The zero-order valence-corrected chi connectivity index (χ0v) is 10.6. The number of halogens is 2. The Hall–Kier alpha value is -1.00. The Morgan fingerprint density at radius 3 is 2.83 bits per heavy atom. The molecule has 0 saturated carbocycles. The van der Waals surface area contributed by atoms with Crippen LogP contribution >= 0.6 is 0 Å². The summed E-state index contributed by atoms with van der Waals surface area (Å²) in [4.78, 5) is 2.18. The van der Waals surface area contributed by atoms with Crippen LogP contribution in [0.25, 0.3) is 0 Å². The van der Waals surface area contributed by atoms with Crippen LogP contribution in [0.5, 0.6) is 0 Å². The first-order valence-corrected chi connectivity index (χ1v) is 6.41. The standard InChI is InChI=1S/C14H19F2NO/c1-10-3-2-6-17(8-10)9-14(18)11-4-5-12(15)13(16)7-11/h4-5,7,10,14,18H,2-3,6,8-9H2,1H3. The Labute approximate surface area is 106 Å². The fourth-order valence-electron chi connectivity index (χ4n) is 2.52. The van der Waals surface area contributed by atoms with E-state index in [2.05, 4.69) is 11.8 Å². The van der Waals surface area contributed by atoms with Crippen molar-refractivity contribution in [1.82, 2.24) is 4.90 Å². The molecule has 0 amide bonds. The lowest BCUT2D eigenvalue weighted by Crippen LogP contribution is -2.37. The summed E-state index contributed by atoms with van der Waals surface area (Å²) in [5, 5.41) is 10.0. The minimum atomic E-state index is -0.904. The second kappa shape index (κ2) is 5.76. The molecule has 0 aliphatic carbocycles. The van der Waals surface area contributed by atoms with Gasteiger partial charge >= 0.3 is 0 Å². The molecule has 4 heteroatoms. The third-order valence-electron chi connectivity index (χ3n) is 3.50. The van der Waals surface area contributed by atoms with Gasteiger partial charge in [0.25, 0.3) is 0 Å². The Balaban J connectivity index is 1.98. The first kappa shape index (κ1) is 13.4. The SMILES string of the molecule is CC1CCCN(CC(O)c2ccc(F)c(F)c2)C1. The summed E-state index contributed by atoms with van der Waals surface area (Å²) < 4.78 is 25.9. The van der Waals surface area contributed by atoms with E-state index in [4.69, 9.17) is 0 Å². The molecule has 2 nitrogen and oxygen atoms in total. The number of likely N-dealkylation sites (tertiary alicyclic amines) is 1. The fraction of sp³-hybridized carbons (Fsp3) is 0.571. The van der Waals surface area contributed by atoms with E-state index < -0.39 is 17.7 Å². The molecule has 0 aromatic heterocycles. The van der Waals surface area contributed by atoms with Gasteiger partial charge in [0.05, 0.1) is 6.10 Å². The highest BCUT2D eigenvalue weighted by Crippen LogP contribution is 2.21. The van der Waals surface area contributed by atoms with Gasteiger partial charge in [-0.2, -0.15) is 0 Å². The van der Waals surface area contributed by atoms with Crippen molar-refractivity contribution in [1.29, 1.82) is 0 Å². The number of rotatable bonds is 3. The Morgan fingerprint density at radius 1 is 1.39 bits per heavy atom. The summed E-state index contributed by atoms with van der Waals surface area (Å²) in [6.45, 7) is 4.59. The number of nitrogens with zero attached hydrogens (tertiary/aromatic N) is 1. The summed E-state index contributed by atoms with van der Waals surface area (Å²) in [6, 6.07) is 3.58. The van der Waals surface area contributed by atoms with E-state index in [1.165, 1.54) is 12.5 Å². The first-order chi connectivity index (χ1) is 8.56. The quantitative estimate of drug-likeness (QED) is 0.897. The van der Waals surface area contributed by atoms with Gasteiger partial charge < -0.3 is 10.0 Å². The molecule has 2 rings (SSSR count). The van der Waals surface area contributed by atoms with Crippen molar-refractivity contribution in [2.45, 2.75) is 25.9 Å². The van der Waals surface area contributed by atoms with E-state index >= 15 is 0 Å². The summed E-state index contributed by atoms with van der Waals surface area (Å²) >= 11 is 0. The average Bonchev–Trinajstić information content (AvgIpc) is 2.32. The van der Waals surface area contributed by atoms with Crippen molar-refractivity contribution in [3.05, 3.63) is 35.4 Å². The second-order valence-electron chi connectivity index (χ2n) is 5.20. The first-order valence-electron chi connectivity index (χ1n) is 6.41. The third kappa shape index (κ3) is 3.27. The van der Waals surface area contributed by atoms with Gasteiger partial charge in [0.1, 0.15) is 0 Å². The van der Waals surface area contributed by atoms with Crippen LogP contribution in [0.2, 0.25) is 0 Å². The van der Waals surface area contributed by atoms with E-state index in [0.29, 0.717) is 18.0 Å². The lowest BCUT2D eigenvalue weighted by atomic mass is 9.99. The van der Waals surface area contributed by atoms with Crippen molar-refractivity contribution >= 4 is 0 Å². The molecular weight excluding hydrogens is 236 g/mol. The predicted molar refractivity (Wildman–Crippen MR) is 66.2 cm³/mol. The molecule has 1 aromatic rings. The molecule has 1 aliphatic heterocycles. The lowest BCUT2D eigenvalue weighted by molar-refractivity contribution is 0.0873. The van der Waals surface area contributed by atoms with Gasteiger partial charge in [-0.05, 0) is 43.0 Å². The largest absolute Gasteiger partial charge is 0.387 e. The molecule has 0 spiro atoms. The molecule has 100 valence electrons. The van der Waals surface area contributed by atoms with Crippen LogP contribution in [0.15, 0.2) is 18.2 Å². The maximum absolute atomic E-state index is 13.1. The van der Waals surface area contributed by atoms with E-state index in [1.807, 2.05) is 0 Å². The van der Waals surface area contributed by atoms with Gasteiger partial charge in [-0.15, -0.1) is 0 Å². The smallest absolute Gasteiger partial charge is 0.159 e. The molecule has 1 heterocycles. The third-order valence-corrected chi connectivity index (χ3v) is 3.50. The average molecular weight is 255 g/mol. The molecule has 0 bridgehead atoms. The Bertz CT molecular complexity index is 411. The number of benzene rings is 1. The minimum Gasteiger partial charge on any atom is -0.387 e. The minimum absolute atomic E-state index is 0.437. The maximum atomic E-state index is 13.1. The van der Waals surface area contributed by atoms with Crippen LogP contribution < -0.4 is 0 Å². The molecule has 2 unspecified atom stereocenters. The molecule has 18 heavy (non-hydrogen) atoms. The van der Waals surface area contributed by atoms with Crippen molar-refractivity contribution in [3.8, 4) is 0 Å². The van der Waals surface area contributed by atoms with Gasteiger partial charge in [0.15, 0.2) is 11.6 Å². The zero-order chi connectivity index (χ0) is 13.1. The summed E-state index contributed by atoms with van der Waals surface area (Å²) in [6.07, 6.45) is 1.59. The van der Waals surface area contributed by atoms with E-state index in [9.17, 15) is 13.9 Å². The Morgan fingerprint density at radius 2 is 2.17 bits per heavy atom. The number of aliphatic hydroxyl groups excluding tert-OH is 1. The normalized spacial score (nSPS) is 23.0. The van der Waals surface area contributed by atoms with Crippen LogP contribution in [0.1, 0.15) is 31.4 Å². The van der Waals surface area contributed by atoms with Crippen molar-refractivity contribution in [2.75, 3.05) is 19.6 Å². The number of hydrogen-bond acceptors (Lipinski definition) is 2. The van der Waals surface area contributed by atoms with Crippen LogP contribution in [0.3, 0.4) is 0 Å². The zero-order valence-electron chi connectivity index (χ0n) is 10.6. The van der Waals surface area contributed by atoms with Crippen LogP contribution in [0.4, 0.5) is 8.78 Å².